The Morgan fingerprint density at radius 2 is 1.95 bits per heavy atom. The third-order valence-corrected chi connectivity index (χ3v) is 3.70. The first-order chi connectivity index (χ1) is 10.5. The number of nitrogens with zero attached hydrogens (tertiary/aromatic N) is 1. The van der Waals surface area contributed by atoms with Crippen molar-refractivity contribution in [2.45, 2.75) is 12.5 Å². The highest BCUT2D eigenvalue weighted by molar-refractivity contribution is 9.10. The second kappa shape index (κ2) is 7.38. The van der Waals surface area contributed by atoms with E-state index in [4.69, 9.17) is 16.7 Å². The maximum Gasteiger partial charge on any atom is 0.305 e. The van der Waals surface area contributed by atoms with Crippen LogP contribution in [0.3, 0.4) is 0 Å². The molecule has 0 spiro atoms. The molecule has 0 radical (unpaired) electrons. The zero-order chi connectivity index (χ0) is 16.1. The highest BCUT2D eigenvalue weighted by Gasteiger charge is 2.21. The lowest BCUT2D eigenvalue weighted by Crippen LogP contribution is -2.31. The van der Waals surface area contributed by atoms with Gasteiger partial charge in [0.1, 0.15) is 10.3 Å². The lowest BCUT2D eigenvalue weighted by atomic mass is 10.0. The number of benzene rings is 1. The van der Waals surface area contributed by atoms with Gasteiger partial charge in [0.2, 0.25) is 0 Å². The molecule has 1 aromatic carbocycles. The molecule has 2 rings (SSSR count). The van der Waals surface area contributed by atoms with Crippen molar-refractivity contribution in [3.63, 3.8) is 0 Å². The van der Waals surface area contributed by atoms with E-state index in [0.717, 1.165) is 0 Å². The first kappa shape index (κ1) is 16.5. The van der Waals surface area contributed by atoms with Gasteiger partial charge >= 0.3 is 5.97 Å². The number of nitrogens with one attached hydrogen (secondary N) is 1. The third kappa shape index (κ3) is 4.29. The van der Waals surface area contributed by atoms with Gasteiger partial charge in [0.25, 0.3) is 5.91 Å². The lowest BCUT2D eigenvalue weighted by Gasteiger charge is -2.18. The van der Waals surface area contributed by atoms with Gasteiger partial charge in [-0.3, -0.25) is 9.59 Å². The molecule has 1 heterocycles. The summed E-state index contributed by atoms with van der Waals surface area (Å²) in [7, 11) is 0. The SMILES string of the molecule is O=C(O)C[C@@H](NC(=O)c1cccc(Br)n1)c1ccccc1Cl. The van der Waals surface area contributed by atoms with Crippen LogP contribution in [0.25, 0.3) is 0 Å². The van der Waals surface area contributed by atoms with Crippen molar-refractivity contribution in [1.29, 1.82) is 0 Å². The zero-order valence-corrected chi connectivity index (χ0v) is 13.6. The quantitative estimate of drug-likeness (QED) is 0.775. The lowest BCUT2D eigenvalue weighted by molar-refractivity contribution is -0.137. The summed E-state index contributed by atoms with van der Waals surface area (Å²) in [6.07, 6.45) is -0.274. The summed E-state index contributed by atoms with van der Waals surface area (Å²) >= 11 is 9.28. The maximum atomic E-state index is 12.2. The van der Waals surface area contributed by atoms with E-state index in [-0.39, 0.29) is 12.1 Å². The number of carboxylic acid groups (broad SMARTS) is 1. The number of aromatic nitrogens is 1. The molecule has 1 aromatic heterocycles. The van der Waals surface area contributed by atoms with Crippen molar-refractivity contribution in [3.05, 3.63) is 63.3 Å². The Morgan fingerprint density at radius 3 is 2.59 bits per heavy atom. The van der Waals surface area contributed by atoms with Crippen molar-refractivity contribution in [1.82, 2.24) is 10.3 Å². The molecule has 0 aliphatic heterocycles. The van der Waals surface area contributed by atoms with Crippen LogP contribution in [0.1, 0.15) is 28.5 Å². The van der Waals surface area contributed by atoms with E-state index in [0.29, 0.717) is 15.2 Å². The Balaban J connectivity index is 2.25. The van der Waals surface area contributed by atoms with Crippen LogP contribution in [0.5, 0.6) is 0 Å². The summed E-state index contributed by atoms with van der Waals surface area (Å²) in [5.74, 6) is -1.50. The number of hydrogen-bond acceptors (Lipinski definition) is 3. The average Bonchev–Trinajstić information content (AvgIpc) is 2.46. The van der Waals surface area contributed by atoms with Gasteiger partial charge in [-0.25, -0.2) is 4.98 Å². The molecule has 0 aliphatic carbocycles. The molecule has 5 nitrogen and oxygen atoms in total. The summed E-state index contributed by atoms with van der Waals surface area (Å²) in [6.45, 7) is 0. The van der Waals surface area contributed by atoms with E-state index in [1.807, 2.05) is 0 Å². The fourth-order valence-electron chi connectivity index (χ4n) is 1.94. The van der Waals surface area contributed by atoms with Crippen molar-refractivity contribution in [3.8, 4) is 0 Å². The van der Waals surface area contributed by atoms with Gasteiger partial charge < -0.3 is 10.4 Å². The van der Waals surface area contributed by atoms with E-state index in [9.17, 15) is 9.59 Å². The van der Waals surface area contributed by atoms with Gasteiger partial charge in [-0.1, -0.05) is 35.9 Å². The molecular formula is C15H12BrClN2O3. The monoisotopic (exact) mass is 382 g/mol. The highest BCUT2D eigenvalue weighted by Crippen LogP contribution is 2.25. The Labute approximate surface area is 140 Å². The average molecular weight is 384 g/mol. The molecule has 0 unspecified atom stereocenters. The summed E-state index contributed by atoms with van der Waals surface area (Å²) in [4.78, 5) is 27.3. The zero-order valence-electron chi connectivity index (χ0n) is 11.3. The molecule has 2 N–H and O–H groups in total. The molecule has 0 saturated carbocycles. The fourth-order valence-corrected chi connectivity index (χ4v) is 2.55. The molecule has 0 fully saturated rings. The summed E-state index contributed by atoms with van der Waals surface area (Å²) in [5, 5.41) is 12.1. The van der Waals surface area contributed by atoms with Gasteiger partial charge in [-0.2, -0.15) is 0 Å². The van der Waals surface area contributed by atoms with Gasteiger partial charge in [0.15, 0.2) is 0 Å². The van der Waals surface area contributed by atoms with E-state index in [2.05, 4.69) is 26.2 Å². The molecule has 1 atom stereocenters. The summed E-state index contributed by atoms with van der Waals surface area (Å²) in [6, 6.07) is 11.0. The summed E-state index contributed by atoms with van der Waals surface area (Å²) < 4.78 is 0.521. The van der Waals surface area contributed by atoms with Crippen LogP contribution in [-0.2, 0) is 4.79 Å². The molecule has 0 saturated heterocycles. The number of hydrogen-bond donors (Lipinski definition) is 2. The largest absolute Gasteiger partial charge is 0.481 e. The van der Waals surface area contributed by atoms with E-state index >= 15 is 0 Å². The van der Waals surface area contributed by atoms with Crippen LogP contribution in [0.15, 0.2) is 47.1 Å². The Hall–Kier alpha value is -1.92. The van der Waals surface area contributed by atoms with Crippen molar-refractivity contribution in [2.24, 2.45) is 0 Å². The molecular weight excluding hydrogens is 372 g/mol. The number of carbonyl (C=O) groups is 2. The topological polar surface area (TPSA) is 79.3 Å². The van der Waals surface area contributed by atoms with Crippen molar-refractivity contribution in [2.75, 3.05) is 0 Å². The second-order valence-corrected chi connectivity index (χ2v) is 5.71. The van der Waals surface area contributed by atoms with Crippen molar-refractivity contribution < 1.29 is 14.7 Å². The van der Waals surface area contributed by atoms with Crippen LogP contribution >= 0.6 is 27.5 Å². The van der Waals surface area contributed by atoms with Crippen molar-refractivity contribution >= 4 is 39.4 Å². The minimum absolute atomic E-state index is 0.191. The van der Waals surface area contributed by atoms with Crippen LogP contribution in [-0.4, -0.2) is 22.0 Å². The molecule has 2 aromatic rings. The number of halogens is 2. The van der Waals surface area contributed by atoms with E-state index in [1.165, 1.54) is 0 Å². The Morgan fingerprint density at radius 1 is 1.23 bits per heavy atom. The molecule has 0 aliphatic rings. The predicted molar refractivity (Wildman–Crippen MR) is 85.8 cm³/mol. The van der Waals surface area contributed by atoms with Gasteiger partial charge in [0, 0.05) is 5.02 Å². The first-order valence-electron chi connectivity index (χ1n) is 6.37. The second-order valence-electron chi connectivity index (χ2n) is 4.49. The van der Waals surface area contributed by atoms with Gasteiger partial charge in [-0.15, -0.1) is 0 Å². The van der Waals surface area contributed by atoms with Crippen LogP contribution in [0, 0.1) is 0 Å². The van der Waals surface area contributed by atoms with Crippen LogP contribution in [0.4, 0.5) is 0 Å². The van der Waals surface area contributed by atoms with E-state index < -0.39 is 17.9 Å². The number of rotatable bonds is 5. The van der Waals surface area contributed by atoms with Crippen LogP contribution < -0.4 is 5.32 Å². The number of pyridine rings is 1. The number of aliphatic carboxylic acids is 1. The van der Waals surface area contributed by atoms with Gasteiger partial charge in [-0.05, 0) is 39.7 Å². The first-order valence-corrected chi connectivity index (χ1v) is 7.54. The standard InChI is InChI=1S/C15H12BrClN2O3/c16-13-7-3-6-11(18-13)15(22)19-12(8-14(20)21)9-4-1-2-5-10(9)17/h1-7,12H,8H2,(H,19,22)(H,20,21)/t12-/m1/s1. The minimum Gasteiger partial charge on any atom is -0.481 e. The third-order valence-electron chi connectivity index (χ3n) is 2.91. The predicted octanol–water partition coefficient (Wildman–Crippen LogP) is 3.44. The molecule has 0 bridgehead atoms. The van der Waals surface area contributed by atoms with Crippen LogP contribution in [0.2, 0.25) is 5.02 Å². The number of carboxylic acids is 1. The Kier molecular flexibility index (Phi) is 5.51. The number of carbonyl (C=O) groups excluding carboxylic acids is 1. The fraction of sp³-hybridized carbons (Fsp3) is 0.133. The maximum absolute atomic E-state index is 12.2. The molecule has 114 valence electrons. The molecule has 7 heteroatoms. The van der Waals surface area contributed by atoms with E-state index in [1.54, 1.807) is 42.5 Å². The smallest absolute Gasteiger partial charge is 0.305 e. The molecule has 1 amide bonds. The normalized spacial score (nSPS) is 11.7. The van der Waals surface area contributed by atoms with Gasteiger partial charge in [0.05, 0.1) is 12.5 Å². The molecule has 22 heavy (non-hydrogen) atoms. The summed E-state index contributed by atoms with van der Waals surface area (Å²) in [5.41, 5.74) is 0.742. The Bertz CT molecular complexity index is 709. The highest BCUT2D eigenvalue weighted by atomic mass is 79.9. The minimum atomic E-state index is -1.03. The number of amides is 1.